The highest BCUT2D eigenvalue weighted by atomic mass is 19.1. The molecule has 0 fully saturated rings. The standard InChI is InChI=1S/C12H17FN2O2/c1-14-12(16)5-6-15-8-9-3-4-11(17-2)10(13)7-9/h3-4,7,15H,5-6,8H2,1-2H3,(H,14,16). The number of amides is 1. The first-order valence-corrected chi connectivity index (χ1v) is 5.41. The lowest BCUT2D eigenvalue weighted by Crippen LogP contribution is -2.24. The summed E-state index contributed by atoms with van der Waals surface area (Å²) in [5.74, 6) is -0.157. The lowest BCUT2D eigenvalue weighted by molar-refractivity contribution is -0.120. The van der Waals surface area contributed by atoms with Gasteiger partial charge in [-0.2, -0.15) is 0 Å². The maximum Gasteiger partial charge on any atom is 0.221 e. The SMILES string of the molecule is CNC(=O)CCNCc1ccc(OC)c(F)c1. The molecule has 0 spiro atoms. The Bertz CT molecular complexity index is 383. The third kappa shape index (κ3) is 4.40. The second-order valence-corrected chi connectivity index (χ2v) is 3.57. The van der Waals surface area contributed by atoms with E-state index in [1.807, 2.05) is 0 Å². The monoisotopic (exact) mass is 240 g/mol. The summed E-state index contributed by atoms with van der Waals surface area (Å²) in [6, 6.07) is 4.80. The minimum atomic E-state index is -0.377. The van der Waals surface area contributed by atoms with Crippen LogP contribution in [0.2, 0.25) is 0 Å². The molecule has 0 aliphatic carbocycles. The van der Waals surface area contributed by atoms with Crippen LogP contribution in [0.15, 0.2) is 18.2 Å². The lowest BCUT2D eigenvalue weighted by Gasteiger charge is -2.06. The van der Waals surface area contributed by atoms with Crippen molar-refractivity contribution in [1.29, 1.82) is 0 Å². The first kappa shape index (κ1) is 13.4. The van der Waals surface area contributed by atoms with Crippen molar-refractivity contribution < 1.29 is 13.9 Å². The molecule has 1 rings (SSSR count). The van der Waals surface area contributed by atoms with Crippen molar-refractivity contribution in [3.63, 3.8) is 0 Å². The van der Waals surface area contributed by atoms with E-state index >= 15 is 0 Å². The zero-order chi connectivity index (χ0) is 12.7. The molecular formula is C12H17FN2O2. The summed E-state index contributed by atoms with van der Waals surface area (Å²) >= 11 is 0. The number of halogens is 1. The maximum atomic E-state index is 13.3. The second kappa shape index (κ2) is 6.85. The topological polar surface area (TPSA) is 50.4 Å². The zero-order valence-corrected chi connectivity index (χ0v) is 10.0. The Hall–Kier alpha value is -1.62. The zero-order valence-electron chi connectivity index (χ0n) is 10.0. The molecule has 0 heterocycles. The molecule has 4 nitrogen and oxygen atoms in total. The van der Waals surface area contributed by atoms with Gasteiger partial charge in [0.1, 0.15) is 0 Å². The number of carbonyl (C=O) groups is 1. The largest absolute Gasteiger partial charge is 0.494 e. The van der Waals surface area contributed by atoms with E-state index in [0.717, 1.165) is 5.56 Å². The lowest BCUT2D eigenvalue weighted by atomic mass is 10.2. The van der Waals surface area contributed by atoms with Gasteiger partial charge in [0.2, 0.25) is 5.91 Å². The van der Waals surface area contributed by atoms with Gasteiger partial charge in [0.05, 0.1) is 7.11 Å². The van der Waals surface area contributed by atoms with Crippen LogP contribution in [-0.2, 0) is 11.3 Å². The Morgan fingerprint density at radius 1 is 1.47 bits per heavy atom. The molecule has 0 aliphatic heterocycles. The van der Waals surface area contributed by atoms with E-state index in [4.69, 9.17) is 4.74 Å². The van der Waals surface area contributed by atoms with Crippen LogP contribution in [0, 0.1) is 5.82 Å². The predicted octanol–water partition coefficient (Wildman–Crippen LogP) is 1.06. The summed E-state index contributed by atoms with van der Waals surface area (Å²) in [6.07, 6.45) is 0.412. The third-order valence-corrected chi connectivity index (χ3v) is 2.35. The molecule has 0 aliphatic rings. The Morgan fingerprint density at radius 3 is 2.82 bits per heavy atom. The minimum Gasteiger partial charge on any atom is -0.494 e. The van der Waals surface area contributed by atoms with E-state index in [2.05, 4.69) is 10.6 Å². The van der Waals surface area contributed by atoms with Crippen molar-refractivity contribution in [1.82, 2.24) is 10.6 Å². The quantitative estimate of drug-likeness (QED) is 0.731. The molecule has 0 saturated carbocycles. The molecule has 94 valence electrons. The van der Waals surface area contributed by atoms with Crippen molar-refractivity contribution in [2.75, 3.05) is 20.7 Å². The Morgan fingerprint density at radius 2 is 2.24 bits per heavy atom. The Labute approximate surface area is 100 Å². The first-order chi connectivity index (χ1) is 8.17. The smallest absolute Gasteiger partial charge is 0.221 e. The Balaban J connectivity index is 2.37. The molecule has 1 aromatic rings. The van der Waals surface area contributed by atoms with Crippen LogP contribution in [0.1, 0.15) is 12.0 Å². The van der Waals surface area contributed by atoms with Crippen LogP contribution in [0.25, 0.3) is 0 Å². The van der Waals surface area contributed by atoms with Crippen LogP contribution in [0.4, 0.5) is 4.39 Å². The van der Waals surface area contributed by atoms with Gasteiger partial charge in [-0.25, -0.2) is 4.39 Å². The summed E-state index contributed by atoms with van der Waals surface area (Å²) in [7, 11) is 3.03. The highest BCUT2D eigenvalue weighted by molar-refractivity contribution is 5.75. The van der Waals surface area contributed by atoms with Crippen LogP contribution in [-0.4, -0.2) is 26.6 Å². The predicted molar refractivity (Wildman–Crippen MR) is 63.3 cm³/mol. The molecular weight excluding hydrogens is 223 g/mol. The van der Waals surface area contributed by atoms with Crippen molar-refractivity contribution >= 4 is 5.91 Å². The molecule has 0 unspecified atom stereocenters. The van der Waals surface area contributed by atoms with E-state index in [9.17, 15) is 9.18 Å². The van der Waals surface area contributed by atoms with Gasteiger partial charge in [0.15, 0.2) is 11.6 Å². The maximum absolute atomic E-state index is 13.3. The fraction of sp³-hybridized carbons (Fsp3) is 0.417. The van der Waals surface area contributed by atoms with Gasteiger partial charge in [-0.1, -0.05) is 6.07 Å². The molecule has 0 saturated heterocycles. The fourth-order valence-electron chi connectivity index (χ4n) is 1.38. The number of rotatable bonds is 6. The van der Waals surface area contributed by atoms with Gasteiger partial charge in [0.25, 0.3) is 0 Å². The van der Waals surface area contributed by atoms with E-state index in [1.165, 1.54) is 13.2 Å². The molecule has 2 N–H and O–H groups in total. The molecule has 0 radical (unpaired) electrons. The van der Waals surface area contributed by atoms with E-state index in [1.54, 1.807) is 19.2 Å². The van der Waals surface area contributed by atoms with Gasteiger partial charge in [-0.05, 0) is 17.7 Å². The fourth-order valence-corrected chi connectivity index (χ4v) is 1.38. The normalized spacial score (nSPS) is 10.1. The van der Waals surface area contributed by atoms with Crippen LogP contribution in [0.3, 0.4) is 0 Å². The number of methoxy groups -OCH3 is 1. The molecule has 5 heteroatoms. The van der Waals surface area contributed by atoms with E-state index in [0.29, 0.717) is 19.5 Å². The van der Waals surface area contributed by atoms with Crippen molar-refractivity contribution in [3.8, 4) is 5.75 Å². The number of nitrogens with one attached hydrogen (secondary N) is 2. The van der Waals surface area contributed by atoms with Gasteiger partial charge in [-0.15, -0.1) is 0 Å². The van der Waals surface area contributed by atoms with E-state index in [-0.39, 0.29) is 17.5 Å². The molecule has 1 amide bonds. The highest BCUT2D eigenvalue weighted by Crippen LogP contribution is 2.17. The average Bonchev–Trinajstić information content (AvgIpc) is 2.34. The number of ether oxygens (including phenoxy) is 1. The molecule has 1 aromatic carbocycles. The van der Waals surface area contributed by atoms with E-state index < -0.39 is 0 Å². The van der Waals surface area contributed by atoms with Gasteiger partial charge in [-0.3, -0.25) is 4.79 Å². The molecule has 0 atom stereocenters. The highest BCUT2D eigenvalue weighted by Gasteiger charge is 2.03. The summed E-state index contributed by atoms with van der Waals surface area (Å²) in [5.41, 5.74) is 0.820. The Kier molecular flexibility index (Phi) is 5.42. The summed E-state index contributed by atoms with van der Waals surface area (Å²) in [5, 5.41) is 5.60. The second-order valence-electron chi connectivity index (χ2n) is 3.57. The van der Waals surface area contributed by atoms with Gasteiger partial charge in [0, 0.05) is 26.6 Å². The number of hydrogen-bond donors (Lipinski definition) is 2. The van der Waals surface area contributed by atoms with Crippen LogP contribution >= 0.6 is 0 Å². The molecule has 0 bridgehead atoms. The van der Waals surface area contributed by atoms with Crippen molar-refractivity contribution in [2.24, 2.45) is 0 Å². The number of benzene rings is 1. The molecule has 17 heavy (non-hydrogen) atoms. The summed E-state index contributed by atoms with van der Waals surface area (Å²) in [6.45, 7) is 1.09. The minimum absolute atomic E-state index is 0.0154. The van der Waals surface area contributed by atoms with Crippen molar-refractivity contribution in [3.05, 3.63) is 29.6 Å². The van der Waals surface area contributed by atoms with Gasteiger partial charge < -0.3 is 15.4 Å². The summed E-state index contributed by atoms with van der Waals surface area (Å²) < 4.78 is 18.1. The van der Waals surface area contributed by atoms with Gasteiger partial charge >= 0.3 is 0 Å². The number of carbonyl (C=O) groups excluding carboxylic acids is 1. The molecule has 0 aromatic heterocycles. The number of hydrogen-bond acceptors (Lipinski definition) is 3. The van der Waals surface area contributed by atoms with Crippen LogP contribution in [0.5, 0.6) is 5.75 Å². The first-order valence-electron chi connectivity index (χ1n) is 5.41. The third-order valence-electron chi connectivity index (χ3n) is 2.35. The average molecular weight is 240 g/mol. The van der Waals surface area contributed by atoms with Crippen molar-refractivity contribution in [2.45, 2.75) is 13.0 Å². The summed E-state index contributed by atoms with van der Waals surface area (Å²) in [4.78, 5) is 10.9. The van der Waals surface area contributed by atoms with Crippen LogP contribution < -0.4 is 15.4 Å².